The molecule has 9 heteroatoms. The molecule has 0 atom stereocenters. The number of carbonyl (C=O) groups is 1. The highest BCUT2D eigenvalue weighted by Gasteiger charge is 2.13. The Morgan fingerprint density at radius 1 is 1.07 bits per heavy atom. The summed E-state index contributed by atoms with van der Waals surface area (Å²) >= 11 is 12.0. The van der Waals surface area contributed by atoms with Crippen molar-refractivity contribution in [2.75, 3.05) is 19.5 Å². The number of amides is 1. The minimum absolute atomic E-state index is 0.0528. The highest BCUT2D eigenvalue weighted by Crippen LogP contribution is 2.30. The Kier molecular flexibility index (Phi) is 6.18. The molecule has 3 aromatic rings. The highest BCUT2D eigenvalue weighted by atomic mass is 35.5. The number of anilines is 1. The second-order valence-corrected chi connectivity index (χ2v) is 6.32. The second-order valence-electron chi connectivity index (χ2n) is 5.47. The number of methoxy groups -OCH3 is 2. The summed E-state index contributed by atoms with van der Waals surface area (Å²) in [7, 11) is 3.09. The average molecular weight is 420 g/mol. The first kappa shape index (κ1) is 19.7. The van der Waals surface area contributed by atoms with Crippen LogP contribution in [0.15, 0.2) is 46.9 Å². The normalized spacial score (nSPS) is 10.9. The molecule has 1 amide bonds. The van der Waals surface area contributed by atoms with Gasteiger partial charge in [-0.1, -0.05) is 34.4 Å². The molecule has 0 saturated heterocycles. The SMILES string of the molecule is COc1ccc(C=CC(=O)Nc2nnc(-c3ccc(Cl)cc3Cl)o2)cc1OC. The minimum Gasteiger partial charge on any atom is -0.493 e. The second kappa shape index (κ2) is 8.77. The summed E-state index contributed by atoms with van der Waals surface area (Å²) in [5, 5.41) is 11.0. The van der Waals surface area contributed by atoms with E-state index in [1.54, 1.807) is 49.6 Å². The Balaban J connectivity index is 1.69. The van der Waals surface area contributed by atoms with Crippen molar-refractivity contribution >= 4 is 41.2 Å². The van der Waals surface area contributed by atoms with Crippen LogP contribution in [0, 0.1) is 0 Å². The van der Waals surface area contributed by atoms with Gasteiger partial charge in [0.2, 0.25) is 0 Å². The quantitative estimate of drug-likeness (QED) is 0.582. The van der Waals surface area contributed by atoms with Crippen LogP contribution < -0.4 is 14.8 Å². The lowest BCUT2D eigenvalue weighted by atomic mass is 10.2. The number of benzene rings is 2. The number of nitrogens with one attached hydrogen (secondary N) is 1. The Morgan fingerprint density at radius 2 is 1.86 bits per heavy atom. The molecule has 3 rings (SSSR count). The standard InChI is InChI=1S/C19H15Cl2N3O4/c1-26-15-7-3-11(9-16(15)27-2)4-8-17(25)22-19-24-23-18(28-19)13-6-5-12(20)10-14(13)21/h3-10H,1-2H3,(H,22,24,25). The molecule has 2 aromatic carbocycles. The lowest BCUT2D eigenvalue weighted by Gasteiger charge is -2.07. The first-order valence-electron chi connectivity index (χ1n) is 8.00. The van der Waals surface area contributed by atoms with E-state index in [9.17, 15) is 4.79 Å². The third-order valence-corrected chi connectivity index (χ3v) is 4.20. The number of ether oxygens (including phenoxy) is 2. The van der Waals surface area contributed by atoms with Gasteiger partial charge in [-0.05, 0) is 42.0 Å². The summed E-state index contributed by atoms with van der Waals surface area (Å²) in [6.07, 6.45) is 2.95. The van der Waals surface area contributed by atoms with Gasteiger partial charge in [-0.3, -0.25) is 10.1 Å². The van der Waals surface area contributed by atoms with Crippen molar-refractivity contribution in [1.82, 2.24) is 10.2 Å². The van der Waals surface area contributed by atoms with Crippen LogP contribution in [0.2, 0.25) is 10.0 Å². The van der Waals surface area contributed by atoms with Crippen molar-refractivity contribution in [3.8, 4) is 23.0 Å². The Labute approximate surface area is 170 Å². The predicted octanol–water partition coefficient (Wildman–Crippen LogP) is 4.71. The van der Waals surface area contributed by atoms with E-state index in [0.717, 1.165) is 5.56 Å². The van der Waals surface area contributed by atoms with E-state index >= 15 is 0 Å². The number of aromatic nitrogens is 2. The maximum absolute atomic E-state index is 12.1. The molecule has 0 bridgehead atoms. The Morgan fingerprint density at radius 3 is 2.57 bits per heavy atom. The molecule has 0 fully saturated rings. The van der Waals surface area contributed by atoms with E-state index in [0.29, 0.717) is 27.1 Å². The van der Waals surface area contributed by atoms with Gasteiger partial charge in [0.05, 0.1) is 24.8 Å². The molecule has 0 aliphatic rings. The summed E-state index contributed by atoms with van der Waals surface area (Å²) < 4.78 is 15.8. The fraction of sp³-hybridized carbons (Fsp3) is 0.105. The van der Waals surface area contributed by atoms with E-state index in [2.05, 4.69) is 15.5 Å². The van der Waals surface area contributed by atoms with E-state index < -0.39 is 5.91 Å². The van der Waals surface area contributed by atoms with Gasteiger partial charge in [0, 0.05) is 11.1 Å². The molecule has 1 aromatic heterocycles. The molecule has 0 aliphatic heterocycles. The summed E-state index contributed by atoms with van der Waals surface area (Å²) in [6, 6.07) is 10.1. The van der Waals surface area contributed by atoms with E-state index in [1.165, 1.54) is 13.2 Å². The van der Waals surface area contributed by atoms with Crippen LogP contribution in [-0.2, 0) is 4.79 Å². The van der Waals surface area contributed by atoms with Crippen LogP contribution in [0.25, 0.3) is 17.5 Å². The van der Waals surface area contributed by atoms with Gasteiger partial charge >= 0.3 is 6.01 Å². The van der Waals surface area contributed by atoms with Crippen LogP contribution in [0.3, 0.4) is 0 Å². The van der Waals surface area contributed by atoms with Crippen molar-refractivity contribution in [2.45, 2.75) is 0 Å². The van der Waals surface area contributed by atoms with Gasteiger partial charge in [-0.2, -0.15) is 0 Å². The summed E-state index contributed by atoms with van der Waals surface area (Å²) in [4.78, 5) is 12.1. The summed E-state index contributed by atoms with van der Waals surface area (Å²) in [5.41, 5.74) is 1.27. The van der Waals surface area contributed by atoms with Crippen molar-refractivity contribution in [1.29, 1.82) is 0 Å². The van der Waals surface area contributed by atoms with Gasteiger partial charge < -0.3 is 13.9 Å². The predicted molar refractivity (Wildman–Crippen MR) is 107 cm³/mol. The number of nitrogens with zero attached hydrogens (tertiary/aromatic N) is 2. The zero-order valence-corrected chi connectivity index (χ0v) is 16.4. The maximum atomic E-state index is 12.1. The van der Waals surface area contributed by atoms with Gasteiger partial charge in [0.1, 0.15) is 0 Å². The van der Waals surface area contributed by atoms with Crippen molar-refractivity contribution in [2.24, 2.45) is 0 Å². The molecular formula is C19H15Cl2N3O4. The topological polar surface area (TPSA) is 86.5 Å². The van der Waals surface area contributed by atoms with E-state index in [4.69, 9.17) is 37.1 Å². The highest BCUT2D eigenvalue weighted by molar-refractivity contribution is 6.36. The van der Waals surface area contributed by atoms with E-state index in [1.807, 2.05) is 0 Å². The monoisotopic (exact) mass is 419 g/mol. The summed E-state index contributed by atoms with van der Waals surface area (Å²) in [6.45, 7) is 0. The zero-order valence-electron chi connectivity index (χ0n) is 14.9. The maximum Gasteiger partial charge on any atom is 0.322 e. The van der Waals surface area contributed by atoms with Crippen molar-refractivity contribution < 1.29 is 18.7 Å². The Bertz CT molecular complexity index is 1030. The van der Waals surface area contributed by atoms with Gasteiger partial charge in [-0.15, -0.1) is 5.10 Å². The first-order valence-corrected chi connectivity index (χ1v) is 8.75. The van der Waals surface area contributed by atoms with Crippen LogP contribution in [0.1, 0.15) is 5.56 Å². The Hall–Kier alpha value is -3.03. The van der Waals surface area contributed by atoms with E-state index in [-0.39, 0.29) is 11.9 Å². The minimum atomic E-state index is -0.438. The number of rotatable bonds is 6. The lowest BCUT2D eigenvalue weighted by Crippen LogP contribution is -2.07. The first-order chi connectivity index (χ1) is 13.5. The number of halogens is 2. The van der Waals surface area contributed by atoms with Gasteiger partial charge in [0.15, 0.2) is 11.5 Å². The fourth-order valence-corrected chi connectivity index (χ4v) is 2.81. The molecule has 144 valence electrons. The molecule has 7 nitrogen and oxygen atoms in total. The van der Waals surface area contributed by atoms with Gasteiger partial charge in [0.25, 0.3) is 11.8 Å². The zero-order chi connectivity index (χ0) is 20.1. The molecule has 1 N–H and O–H groups in total. The third-order valence-electron chi connectivity index (χ3n) is 3.65. The molecule has 0 spiro atoms. The largest absolute Gasteiger partial charge is 0.493 e. The van der Waals surface area contributed by atoms with Crippen molar-refractivity contribution in [3.63, 3.8) is 0 Å². The molecule has 0 unspecified atom stereocenters. The van der Waals surface area contributed by atoms with Crippen LogP contribution in [0.4, 0.5) is 6.01 Å². The molecule has 0 radical (unpaired) electrons. The molecule has 1 heterocycles. The number of carbonyl (C=O) groups excluding carboxylic acids is 1. The smallest absolute Gasteiger partial charge is 0.322 e. The fourth-order valence-electron chi connectivity index (χ4n) is 2.32. The molecule has 0 saturated carbocycles. The van der Waals surface area contributed by atoms with Crippen LogP contribution in [-0.4, -0.2) is 30.3 Å². The summed E-state index contributed by atoms with van der Waals surface area (Å²) in [5.74, 6) is 0.892. The average Bonchev–Trinajstić information content (AvgIpc) is 3.14. The number of hydrogen-bond acceptors (Lipinski definition) is 6. The van der Waals surface area contributed by atoms with Crippen LogP contribution >= 0.6 is 23.2 Å². The molecular weight excluding hydrogens is 405 g/mol. The third kappa shape index (κ3) is 4.62. The number of hydrogen-bond donors (Lipinski definition) is 1. The van der Waals surface area contributed by atoms with Crippen LogP contribution in [0.5, 0.6) is 11.5 Å². The molecule has 28 heavy (non-hydrogen) atoms. The lowest BCUT2D eigenvalue weighted by molar-refractivity contribution is -0.112. The van der Waals surface area contributed by atoms with Gasteiger partial charge in [-0.25, -0.2) is 0 Å². The van der Waals surface area contributed by atoms with Crippen molar-refractivity contribution in [3.05, 3.63) is 58.1 Å². The molecule has 0 aliphatic carbocycles.